The molecule has 0 radical (unpaired) electrons. The lowest BCUT2D eigenvalue weighted by molar-refractivity contribution is 0.237. The third kappa shape index (κ3) is 8.14. The second kappa shape index (κ2) is 4.03. The summed E-state index contributed by atoms with van der Waals surface area (Å²) in [6.07, 6.45) is 2.18. The molecular formula is C6H16O2Si. The average Bonchev–Trinajstić information content (AvgIpc) is 1.63. The van der Waals surface area contributed by atoms with Gasteiger partial charge in [-0.3, -0.25) is 0 Å². The van der Waals surface area contributed by atoms with Crippen molar-refractivity contribution in [2.24, 2.45) is 0 Å². The zero-order valence-electron chi connectivity index (χ0n) is 6.48. The van der Waals surface area contributed by atoms with E-state index in [4.69, 9.17) is 9.22 Å². The number of rotatable bonds is 4. The molecule has 3 heteroatoms. The van der Waals surface area contributed by atoms with Crippen molar-refractivity contribution in [2.75, 3.05) is 6.61 Å². The van der Waals surface area contributed by atoms with Gasteiger partial charge in [0.2, 0.25) is 0 Å². The first-order chi connectivity index (χ1) is 4.06. The Morgan fingerprint density at radius 1 is 1.44 bits per heavy atom. The number of hydrogen-bond acceptors (Lipinski definition) is 2. The Labute approximate surface area is 58.1 Å². The number of unbranched alkanes of at least 4 members (excludes halogenated alkanes) is 1. The fourth-order valence-electron chi connectivity index (χ4n) is 0.466. The first-order valence-electron chi connectivity index (χ1n) is 3.42. The van der Waals surface area contributed by atoms with E-state index in [2.05, 4.69) is 6.92 Å². The predicted molar refractivity (Wildman–Crippen MR) is 40.6 cm³/mol. The first kappa shape index (κ1) is 9.14. The van der Waals surface area contributed by atoms with Crippen LogP contribution >= 0.6 is 0 Å². The Kier molecular flexibility index (Phi) is 4.09. The summed E-state index contributed by atoms with van der Waals surface area (Å²) < 4.78 is 5.16. The van der Waals surface area contributed by atoms with Crippen LogP contribution in [0.5, 0.6) is 0 Å². The van der Waals surface area contributed by atoms with Gasteiger partial charge in [0.15, 0.2) is 0 Å². The summed E-state index contributed by atoms with van der Waals surface area (Å²) in [5.41, 5.74) is 0. The SMILES string of the molecule is CCCCO[Si](C)(C)O. The Morgan fingerprint density at radius 3 is 2.33 bits per heavy atom. The van der Waals surface area contributed by atoms with E-state index in [1.165, 1.54) is 0 Å². The average molecular weight is 148 g/mol. The van der Waals surface area contributed by atoms with E-state index in [9.17, 15) is 0 Å². The van der Waals surface area contributed by atoms with Gasteiger partial charge in [0, 0.05) is 6.61 Å². The molecular weight excluding hydrogens is 132 g/mol. The van der Waals surface area contributed by atoms with Gasteiger partial charge in [0.25, 0.3) is 0 Å². The molecule has 0 fully saturated rings. The Balaban J connectivity index is 3.07. The minimum absolute atomic E-state index is 0.715. The lowest BCUT2D eigenvalue weighted by atomic mass is 10.4. The van der Waals surface area contributed by atoms with Crippen LogP contribution in [0.1, 0.15) is 19.8 Å². The summed E-state index contributed by atoms with van der Waals surface area (Å²) in [4.78, 5) is 9.16. The summed E-state index contributed by atoms with van der Waals surface area (Å²) in [5.74, 6) is 0. The molecule has 0 aromatic carbocycles. The van der Waals surface area contributed by atoms with Crippen LogP contribution in [0, 0.1) is 0 Å². The molecule has 9 heavy (non-hydrogen) atoms. The topological polar surface area (TPSA) is 29.5 Å². The molecule has 0 saturated carbocycles. The van der Waals surface area contributed by atoms with Gasteiger partial charge in [0.05, 0.1) is 0 Å². The molecule has 0 saturated heterocycles. The minimum Gasteiger partial charge on any atom is -0.411 e. The maximum absolute atomic E-state index is 9.16. The van der Waals surface area contributed by atoms with Crippen LogP contribution in [-0.4, -0.2) is 20.0 Å². The van der Waals surface area contributed by atoms with Crippen molar-refractivity contribution in [3.05, 3.63) is 0 Å². The van der Waals surface area contributed by atoms with E-state index >= 15 is 0 Å². The molecule has 0 atom stereocenters. The van der Waals surface area contributed by atoms with Gasteiger partial charge in [-0.2, -0.15) is 0 Å². The zero-order valence-corrected chi connectivity index (χ0v) is 7.48. The van der Waals surface area contributed by atoms with Crippen LogP contribution in [0.4, 0.5) is 0 Å². The molecule has 0 amide bonds. The van der Waals surface area contributed by atoms with E-state index in [1.54, 1.807) is 13.1 Å². The van der Waals surface area contributed by atoms with Gasteiger partial charge in [0.1, 0.15) is 0 Å². The monoisotopic (exact) mass is 148 g/mol. The quantitative estimate of drug-likeness (QED) is 0.483. The highest BCUT2D eigenvalue weighted by Crippen LogP contribution is 1.99. The van der Waals surface area contributed by atoms with Crippen molar-refractivity contribution in [3.63, 3.8) is 0 Å². The highest BCUT2D eigenvalue weighted by Gasteiger charge is 2.16. The standard InChI is InChI=1S/C6H16O2Si/c1-4-5-6-8-9(2,3)7/h7H,4-6H2,1-3H3. The summed E-state index contributed by atoms with van der Waals surface area (Å²) in [6.45, 7) is 6.38. The smallest absolute Gasteiger partial charge is 0.329 e. The van der Waals surface area contributed by atoms with Crippen molar-refractivity contribution < 1.29 is 9.22 Å². The van der Waals surface area contributed by atoms with Crippen LogP contribution < -0.4 is 0 Å². The van der Waals surface area contributed by atoms with Gasteiger partial charge >= 0.3 is 8.56 Å². The maximum Gasteiger partial charge on any atom is 0.329 e. The van der Waals surface area contributed by atoms with E-state index in [0.29, 0.717) is 6.61 Å². The van der Waals surface area contributed by atoms with E-state index < -0.39 is 8.56 Å². The molecule has 0 bridgehead atoms. The summed E-state index contributed by atoms with van der Waals surface area (Å²) in [6, 6.07) is 0. The zero-order chi connectivity index (χ0) is 7.33. The van der Waals surface area contributed by atoms with E-state index in [-0.39, 0.29) is 0 Å². The van der Waals surface area contributed by atoms with Crippen molar-refractivity contribution in [3.8, 4) is 0 Å². The van der Waals surface area contributed by atoms with Gasteiger partial charge in [-0.25, -0.2) is 0 Å². The molecule has 0 aliphatic rings. The van der Waals surface area contributed by atoms with Crippen LogP contribution in [0.25, 0.3) is 0 Å². The van der Waals surface area contributed by atoms with Gasteiger partial charge in [-0.15, -0.1) is 0 Å². The van der Waals surface area contributed by atoms with Gasteiger partial charge in [-0.1, -0.05) is 13.3 Å². The van der Waals surface area contributed by atoms with Crippen LogP contribution in [-0.2, 0) is 4.43 Å². The van der Waals surface area contributed by atoms with Crippen LogP contribution in [0.2, 0.25) is 13.1 Å². The van der Waals surface area contributed by atoms with Gasteiger partial charge < -0.3 is 9.22 Å². The lowest BCUT2D eigenvalue weighted by Crippen LogP contribution is -2.30. The van der Waals surface area contributed by atoms with E-state index in [0.717, 1.165) is 12.8 Å². The molecule has 0 spiro atoms. The van der Waals surface area contributed by atoms with Gasteiger partial charge in [-0.05, 0) is 19.5 Å². The predicted octanol–water partition coefficient (Wildman–Crippen LogP) is 1.50. The highest BCUT2D eigenvalue weighted by atomic mass is 28.4. The summed E-state index contributed by atoms with van der Waals surface area (Å²) >= 11 is 0. The lowest BCUT2D eigenvalue weighted by Gasteiger charge is -2.13. The molecule has 0 rings (SSSR count). The molecule has 0 aliphatic heterocycles. The second-order valence-electron chi connectivity index (χ2n) is 2.65. The molecule has 1 N–H and O–H groups in total. The molecule has 0 aromatic rings. The molecule has 0 aromatic heterocycles. The number of hydrogen-bond donors (Lipinski definition) is 1. The second-order valence-corrected chi connectivity index (χ2v) is 5.83. The van der Waals surface area contributed by atoms with E-state index in [1.807, 2.05) is 0 Å². The van der Waals surface area contributed by atoms with Crippen LogP contribution in [0.3, 0.4) is 0 Å². The first-order valence-corrected chi connectivity index (χ1v) is 6.28. The molecule has 0 aliphatic carbocycles. The molecule has 56 valence electrons. The maximum atomic E-state index is 9.16. The highest BCUT2D eigenvalue weighted by molar-refractivity contribution is 6.63. The van der Waals surface area contributed by atoms with Crippen LogP contribution in [0.15, 0.2) is 0 Å². The largest absolute Gasteiger partial charge is 0.411 e. The third-order valence-corrected chi connectivity index (χ3v) is 1.86. The van der Waals surface area contributed by atoms with Crippen molar-refractivity contribution in [1.29, 1.82) is 0 Å². The molecule has 0 unspecified atom stereocenters. The summed E-state index contributed by atoms with van der Waals surface area (Å²) in [7, 11) is -2.19. The van der Waals surface area contributed by atoms with Crippen molar-refractivity contribution >= 4 is 8.56 Å². The molecule has 2 nitrogen and oxygen atoms in total. The fourth-order valence-corrected chi connectivity index (χ4v) is 1.11. The Bertz CT molecular complexity index is 67.9. The summed E-state index contributed by atoms with van der Waals surface area (Å²) in [5, 5.41) is 0. The minimum atomic E-state index is -2.19. The Hall–Kier alpha value is 0.137. The molecule has 0 heterocycles. The normalized spacial score (nSPS) is 12.0. The third-order valence-electron chi connectivity index (χ3n) is 0.953. The Morgan fingerprint density at radius 2 is 2.00 bits per heavy atom. The van der Waals surface area contributed by atoms with Crippen molar-refractivity contribution in [1.82, 2.24) is 0 Å². The van der Waals surface area contributed by atoms with Crippen molar-refractivity contribution in [2.45, 2.75) is 32.9 Å². The fraction of sp³-hybridized carbons (Fsp3) is 1.00.